The second-order valence-corrected chi connectivity index (χ2v) is 4.86. The van der Waals surface area contributed by atoms with Crippen LogP contribution in [0.4, 0.5) is 5.69 Å². The van der Waals surface area contributed by atoms with Crippen molar-refractivity contribution in [3.05, 3.63) is 27.5 Å². The van der Waals surface area contributed by atoms with Crippen LogP contribution in [-0.2, 0) is 0 Å². The van der Waals surface area contributed by atoms with Gasteiger partial charge >= 0.3 is 0 Å². The molecule has 2 heterocycles. The van der Waals surface area contributed by atoms with Gasteiger partial charge in [0.05, 0.1) is 34.3 Å². The quantitative estimate of drug-likeness (QED) is 0.861. The third kappa shape index (κ3) is 1.95. The van der Waals surface area contributed by atoms with Crippen LogP contribution in [0.25, 0.3) is 0 Å². The Labute approximate surface area is 99.1 Å². The molecule has 2 aromatic rings. The van der Waals surface area contributed by atoms with E-state index in [0.717, 1.165) is 22.8 Å². The van der Waals surface area contributed by atoms with Crippen molar-refractivity contribution in [3.63, 3.8) is 0 Å². The molecule has 0 radical (unpaired) electrons. The van der Waals surface area contributed by atoms with E-state index in [1.54, 1.807) is 11.3 Å². The molecule has 0 fully saturated rings. The molecule has 2 aromatic heterocycles. The number of rotatable bonds is 3. The minimum Gasteiger partial charge on any atom is -0.375 e. The average Bonchev–Trinajstić information content (AvgIpc) is 2.79. The Balaban J connectivity index is 2.20. The van der Waals surface area contributed by atoms with Gasteiger partial charge in [-0.2, -0.15) is 5.10 Å². The van der Waals surface area contributed by atoms with Crippen LogP contribution in [0.1, 0.15) is 34.9 Å². The second kappa shape index (κ2) is 4.25. The van der Waals surface area contributed by atoms with Crippen molar-refractivity contribution in [1.29, 1.82) is 0 Å². The number of hydrogen-bond donors (Lipinski definition) is 2. The van der Waals surface area contributed by atoms with Gasteiger partial charge in [0.2, 0.25) is 0 Å². The molecule has 0 aliphatic carbocycles. The fourth-order valence-electron chi connectivity index (χ4n) is 1.77. The lowest BCUT2D eigenvalue weighted by atomic mass is 10.2. The molecule has 0 bridgehead atoms. The fraction of sp³-hybridized carbons (Fsp3) is 0.455. The SMILES string of the molecule is Cc1ncsc1C(C)Nc1c(C)n[nH]c1C. The molecular weight excluding hydrogens is 220 g/mol. The molecule has 16 heavy (non-hydrogen) atoms. The summed E-state index contributed by atoms with van der Waals surface area (Å²) in [7, 11) is 0. The summed E-state index contributed by atoms with van der Waals surface area (Å²) in [5.41, 5.74) is 6.17. The van der Waals surface area contributed by atoms with Crippen molar-refractivity contribution in [2.24, 2.45) is 0 Å². The molecule has 2 rings (SSSR count). The topological polar surface area (TPSA) is 53.6 Å². The number of hydrogen-bond acceptors (Lipinski definition) is 4. The zero-order valence-electron chi connectivity index (χ0n) is 9.96. The van der Waals surface area contributed by atoms with Crippen LogP contribution >= 0.6 is 11.3 Å². The van der Waals surface area contributed by atoms with E-state index in [4.69, 9.17) is 0 Å². The number of nitrogens with zero attached hydrogens (tertiary/aromatic N) is 2. The Morgan fingerprint density at radius 1 is 1.31 bits per heavy atom. The first kappa shape index (κ1) is 11.1. The average molecular weight is 236 g/mol. The third-order valence-corrected chi connectivity index (χ3v) is 3.78. The van der Waals surface area contributed by atoms with E-state index in [-0.39, 0.29) is 6.04 Å². The second-order valence-electron chi connectivity index (χ2n) is 3.98. The zero-order chi connectivity index (χ0) is 11.7. The summed E-state index contributed by atoms with van der Waals surface area (Å²) < 4.78 is 0. The maximum Gasteiger partial charge on any atom is 0.0825 e. The third-order valence-electron chi connectivity index (χ3n) is 2.66. The maximum atomic E-state index is 4.27. The summed E-state index contributed by atoms with van der Waals surface area (Å²) in [6.07, 6.45) is 0. The molecule has 2 N–H and O–H groups in total. The highest BCUT2D eigenvalue weighted by molar-refractivity contribution is 7.09. The number of aromatic nitrogens is 3. The minimum absolute atomic E-state index is 0.266. The van der Waals surface area contributed by atoms with Gasteiger partial charge in [-0.3, -0.25) is 5.10 Å². The van der Waals surface area contributed by atoms with Crippen molar-refractivity contribution in [3.8, 4) is 0 Å². The summed E-state index contributed by atoms with van der Waals surface area (Å²) in [5, 5.41) is 10.6. The number of aromatic amines is 1. The largest absolute Gasteiger partial charge is 0.375 e. The molecular formula is C11H16N4S. The van der Waals surface area contributed by atoms with Crippen LogP contribution in [0.2, 0.25) is 0 Å². The zero-order valence-corrected chi connectivity index (χ0v) is 10.8. The van der Waals surface area contributed by atoms with Gasteiger partial charge in [-0.25, -0.2) is 4.98 Å². The standard InChI is InChI=1S/C11H16N4S/c1-6-10(7(2)15-14-6)13-9(4)11-8(3)12-5-16-11/h5,9,13H,1-4H3,(H,14,15). The van der Waals surface area contributed by atoms with Gasteiger partial charge in [-0.05, 0) is 27.7 Å². The van der Waals surface area contributed by atoms with E-state index < -0.39 is 0 Å². The summed E-state index contributed by atoms with van der Waals surface area (Å²) in [5.74, 6) is 0. The van der Waals surface area contributed by atoms with Crippen molar-refractivity contribution >= 4 is 17.0 Å². The van der Waals surface area contributed by atoms with Gasteiger partial charge in [0, 0.05) is 4.88 Å². The van der Waals surface area contributed by atoms with Crippen molar-refractivity contribution in [2.45, 2.75) is 33.7 Å². The highest BCUT2D eigenvalue weighted by Gasteiger charge is 2.14. The fourth-order valence-corrected chi connectivity index (χ4v) is 2.58. The van der Waals surface area contributed by atoms with E-state index in [9.17, 15) is 0 Å². The molecule has 0 aromatic carbocycles. The summed E-state index contributed by atoms with van der Waals surface area (Å²) >= 11 is 1.69. The Morgan fingerprint density at radius 3 is 2.56 bits per heavy atom. The molecule has 4 nitrogen and oxygen atoms in total. The van der Waals surface area contributed by atoms with Gasteiger partial charge in [0.1, 0.15) is 0 Å². The molecule has 86 valence electrons. The summed E-state index contributed by atoms with van der Waals surface area (Å²) in [6, 6.07) is 0.266. The highest BCUT2D eigenvalue weighted by Crippen LogP contribution is 2.27. The van der Waals surface area contributed by atoms with Crippen LogP contribution in [0.15, 0.2) is 5.51 Å². The first-order valence-electron chi connectivity index (χ1n) is 5.27. The van der Waals surface area contributed by atoms with E-state index in [1.165, 1.54) is 4.88 Å². The molecule has 1 atom stereocenters. The van der Waals surface area contributed by atoms with Crippen molar-refractivity contribution < 1.29 is 0 Å². The molecule has 0 spiro atoms. The molecule has 0 saturated carbocycles. The van der Waals surface area contributed by atoms with Gasteiger partial charge in [-0.15, -0.1) is 11.3 Å². The maximum absolute atomic E-state index is 4.27. The monoisotopic (exact) mass is 236 g/mol. The predicted molar refractivity (Wildman–Crippen MR) is 67.0 cm³/mol. The summed E-state index contributed by atoms with van der Waals surface area (Å²) in [4.78, 5) is 5.54. The molecule has 0 aliphatic rings. The van der Waals surface area contributed by atoms with E-state index in [2.05, 4.69) is 27.4 Å². The Morgan fingerprint density at radius 2 is 2.06 bits per heavy atom. The van der Waals surface area contributed by atoms with E-state index in [1.807, 2.05) is 26.3 Å². The smallest absolute Gasteiger partial charge is 0.0825 e. The minimum atomic E-state index is 0.266. The number of anilines is 1. The summed E-state index contributed by atoms with van der Waals surface area (Å²) in [6.45, 7) is 8.21. The van der Waals surface area contributed by atoms with Gasteiger partial charge in [0.25, 0.3) is 0 Å². The lowest BCUT2D eigenvalue weighted by molar-refractivity contribution is 0.886. The van der Waals surface area contributed by atoms with Crippen LogP contribution in [0.5, 0.6) is 0 Å². The Kier molecular flexibility index (Phi) is 2.96. The Hall–Kier alpha value is -1.36. The number of H-pyrrole nitrogens is 1. The van der Waals surface area contributed by atoms with Crippen LogP contribution in [-0.4, -0.2) is 15.2 Å². The number of nitrogens with one attached hydrogen (secondary N) is 2. The molecule has 0 saturated heterocycles. The van der Waals surface area contributed by atoms with Crippen LogP contribution < -0.4 is 5.32 Å². The van der Waals surface area contributed by atoms with Gasteiger partial charge < -0.3 is 5.32 Å². The highest BCUT2D eigenvalue weighted by atomic mass is 32.1. The first-order chi connectivity index (χ1) is 7.59. The lowest BCUT2D eigenvalue weighted by Crippen LogP contribution is -2.07. The van der Waals surface area contributed by atoms with Crippen LogP contribution in [0.3, 0.4) is 0 Å². The van der Waals surface area contributed by atoms with Crippen molar-refractivity contribution in [1.82, 2.24) is 15.2 Å². The molecule has 5 heteroatoms. The van der Waals surface area contributed by atoms with E-state index in [0.29, 0.717) is 0 Å². The number of aryl methyl sites for hydroxylation is 3. The van der Waals surface area contributed by atoms with Crippen molar-refractivity contribution in [2.75, 3.05) is 5.32 Å². The first-order valence-corrected chi connectivity index (χ1v) is 6.15. The molecule has 1 unspecified atom stereocenters. The Bertz CT molecular complexity index is 466. The normalized spacial score (nSPS) is 12.8. The van der Waals surface area contributed by atoms with Crippen LogP contribution in [0, 0.1) is 20.8 Å². The lowest BCUT2D eigenvalue weighted by Gasteiger charge is -2.14. The van der Waals surface area contributed by atoms with Gasteiger partial charge in [-0.1, -0.05) is 0 Å². The predicted octanol–water partition coefficient (Wildman–Crippen LogP) is 2.96. The molecule has 0 aliphatic heterocycles. The number of thiazole rings is 1. The van der Waals surface area contributed by atoms with Gasteiger partial charge in [0.15, 0.2) is 0 Å². The van der Waals surface area contributed by atoms with E-state index >= 15 is 0 Å². The molecule has 0 amide bonds.